The van der Waals surface area contributed by atoms with Gasteiger partial charge in [0.1, 0.15) is 5.82 Å². The third-order valence-electron chi connectivity index (χ3n) is 6.14. The van der Waals surface area contributed by atoms with E-state index in [2.05, 4.69) is 40.5 Å². The van der Waals surface area contributed by atoms with Crippen molar-refractivity contribution in [2.45, 2.75) is 38.3 Å². The number of piperidine rings is 1. The largest absolute Gasteiger partial charge is 0.369 e. The molecule has 1 N–H and O–H groups in total. The summed E-state index contributed by atoms with van der Waals surface area (Å²) in [5.41, 5.74) is 4.72. The molecule has 1 aromatic heterocycles. The molecule has 2 aliphatic rings. The van der Waals surface area contributed by atoms with Crippen LogP contribution in [0, 0.1) is 10.1 Å². The van der Waals surface area contributed by atoms with Crippen LogP contribution in [0.1, 0.15) is 42.1 Å². The Labute approximate surface area is 175 Å². The molecule has 30 heavy (non-hydrogen) atoms. The SMILES string of the molecule is O=[N+]([O-])c1ccc(-n2nc(C3CCCCN3Cc3ccccc3)c3c2NCC3)cc1. The number of likely N-dealkylation sites (tertiary alicyclic amines) is 1. The quantitative estimate of drug-likeness (QED) is 0.502. The van der Waals surface area contributed by atoms with Crippen LogP contribution >= 0.6 is 0 Å². The van der Waals surface area contributed by atoms with Gasteiger partial charge in [0.05, 0.1) is 22.3 Å². The lowest BCUT2D eigenvalue weighted by molar-refractivity contribution is -0.384. The molecule has 1 atom stereocenters. The molecule has 2 aliphatic heterocycles. The van der Waals surface area contributed by atoms with E-state index < -0.39 is 0 Å². The van der Waals surface area contributed by atoms with Gasteiger partial charge in [-0.15, -0.1) is 0 Å². The van der Waals surface area contributed by atoms with Gasteiger partial charge in [0.15, 0.2) is 0 Å². The number of fused-ring (bicyclic) bond motifs is 1. The van der Waals surface area contributed by atoms with Crippen LogP contribution in [0.3, 0.4) is 0 Å². The van der Waals surface area contributed by atoms with Crippen molar-refractivity contribution in [1.82, 2.24) is 14.7 Å². The van der Waals surface area contributed by atoms with Crippen LogP contribution in [0.5, 0.6) is 0 Å². The molecular formula is C23H25N5O2. The minimum absolute atomic E-state index is 0.0945. The number of hydrogen-bond acceptors (Lipinski definition) is 5. The number of nitrogens with one attached hydrogen (secondary N) is 1. The first-order valence-corrected chi connectivity index (χ1v) is 10.6. The highest BCUT2D eigenvalue weighted by atomic mass is 16.6. The first kappa shape index (κ1) is 18.8. The van der Waals surface area contributed by atoms with Gasteiger partial charge in [-0.05, 0) is 43.5 Å². The maximum atomic E-state index is 11.0. The molecule has 0 aliphatic carbocycles. The van der Waals surface area contributed by atoms with Crippen LogP contribution in [-0.4, -0.2) is 32.7 Å². The maximum absolute atomic E-state index is 11.0. The molecule has 3 heterocycles. The zero-order chi connectivity index (χ0) is 20.5. The van der Waals surface area contributed by atoms with Crippen molar-refractivity contribution in [3.05, 3.63) is 81.5 Å². The summed E-state index contributed by atoms with van der Waals surface area (Å²) in [6, 6.07) is 17.6. The maximum Gasteiger partial charge on any atom is 0.269 e. The molecule has 0 amide bonds. The minimum Gasteiger partial charge on any atom is -0.369 e. The Kier molecular flexibility index (Phi) is 4.96. The van der Waals surface area contributed by atoms with Gasteiger partial charge in [-0.25, -0.2) is 4.68 Å². The second-order valence-corrected chi connectivity index (χ2v) is 8.04. The van der Waals surface area contributed by atoms with E-state index in [9.17, 15) is 10.1 Å². The van der Waals surface area contributed by atoms with Crippen molar-refractivity contribution in [1.29, 1.82) is 0 Å². The summed E-state index contributed by atoms with van der Waals surface area (Å²) in [4.78, 5) is 13.2. The van der Waals surface area contributed by atoms with E-state index in [0.717, 1.165) is 49.7 Å². The summed E-state index contributed by atoms with van der Waals surface area (Å²) in [7, 11) is 0. The van der Waals surface area contributed by atoms with E-state index in [1.807, 2.05) is 4.68 Å². The van der Waals surface area contributed by atoms with Gasteiger partial charge in [0.25, 0.3) is 5.69 Å². The van der Waals surface area contributed by atoms with Crippen molar-refractivity contribution in [2.24, 2.45) is 0 Å². The average Bonchev–Trinajstić information content (AvgIpc) is 3.38. The smallest absolute Gasteiger partial charge is 0.269 e. The lowest BCUT2D eigenvalue weighted by Gasteiger charge is -2.35. The zero-order valence-corrected chi connectivity index (χ0v) is 16.8. The molecule has 2 aromatic carbocycles. The van der Waals surface area contributed by atoms with E-state index in [1.54, 1.807) is 24.3 Å². The minimum atomic E-state index is -0.371. The summed E-state index contributed by atoms with van der Waals surface area (Å²) in [6.45, 7) is 2.91. The molecular weight excluding hydrogens is 378 g/mol. The van der Waals surface area contributed by atoms with Gasteiger partial charge in [0.2, 0.25) is 0 Å². The molecule has 0 spiro atoms. The number of benzene rings is 2. The summed E-state index contributed by atoms with van der Waals surface area (Å²) in [6.07, 6.45) is 4.50. The third kappa shape index (κ3) is 3.45. The molecule has 0 saturated carbocycles. The lowest BCUT2D eigenvalue weighted by atomic mass is 9.95. The third-order valence-corrected chi connectivity index (χ3v) is 6.14. The van der Waals surface area contributed by atoms with Crippen molar-refractivity contribution in [3.63, 3.8) is 0 Å². The van der Waals surface area contributed by atoms with Gasteiger partial charge in [0, 0.05) is 30.8 Å². The van der Waals surface area contributed by atoms with Crippen LogP contribution < -0.4 is 5.32 Å². The Morgan fingerprint density at radius 2 is 1.90 bits per heavy atom. The van der Waals surface area contributed by atoms with Crippen molar-refractivity contribution < 1.29 is 4.92 Å². The lowest BCUT2D eigenvalue weighted by Crippen LogP contribution is -2.33. The Morgan fingerprint density at radius 1 is 1.10 bits per heavy atom. The van der Waals surface area contributed by atoms with Crippen LogP contribution in [0.2, 0.25) is 0 Å². The molecule has 0 bridgehead atoms. The molecule has 154 valence electrons. The second-order valence-electron chi connectivity index (χ2n) is 8.04. The van der Waals surface area contributed by atoms with Crippen molar-refractivity contribution in [2.75, 3.05) is 18.4 Å². The summed E-state index contributed by atoms with van der Waals surface area (Å²) >= 11 is 0. The second kappa shape index (κ2) is 7.91. The number of nitro benzene ring substituents is 1. The number of non-ortho nitro benzene ring substituents is 1. The molecule has 3 aromatic rings. The predicted molar refractivity (Wildman–Crippen MR) is 116 cm³/mol. The Bertz CT molecular complexity index is 1050. The average molecular weight is 403 g/mol. The Morgan fingerprint density at radius 3 is 2.67 bits per heavy atom. The fourth-order valence-electron chi connectivity index (χ4n) is 4.68. The topological polar surface area (TPSA) is 76.2 Å². The molecule has 5 rings (SSSR count). The van der Waals surface area contributed by atoms with Crippen molar-refractivity contribution in [3.8, 4) is 5.69 Å². The van der Waals surface area contributed by atoms with E-state index in [4.69, 9.17) is 5.10 Å². The summed E-state index contributed by atoms with van der Waals surface area (Å²) < 4.78 is 1.93. The van der Waals surface area contributed by atoms with E-state index >= 15 is 0 Å². The van der Waals surface area contributed by atoms with Gasteiger partial charge in [-0.1, -0.05) is 36.8 Å². The van der Waals surface area contributed by atoms with E-state index in [0.29, 0.717) is 6.04 Å². The number of anilines is 1. The van der Waals surface area contributed by atoms with Crippen LogP contribution in [-0.2, 0) is 13.0 Å². The highest BCUT2D eigenvalue weighted by molar-refractivity contribution is 5.58. The van der Waals surface area contributed by atoms with Gasteiger partial charge < -0.3 is 5.32 Å². The van der Waals surface area contributed by atoms with E-state index in [1.165, 1.54) is 24.0 Å². The summed E-state index contributed by atoms with van der Waals surface area (Å²) in [5, 5.41) is 19.5. The van der Waals surface area contributed by atoms with Crippen molar-refractivity contribution >= 4 is 11.5 Å². The zero-order valence-electron chi connectivity index (χ0n) is 16.8. The summed E-state index contributed by atoms with van der Waals surface area (Å²) in [5.74, 6) is 1.03. The number of nitrogens with zero attached hydrogens (tertiary/aromatic N) is 4. The first-order chi connectivity index (χ1) is 14.7. The first-order valence-electron chi connectivity index (χ1n) is 10.6. The van der Waals surface area contributed by atoms with Crippen LogP contribution in [0.4, 0.5) is 11.5 Å². The number of rotatable bonds is 5. The Balaban J connectivity index is 1.49. The molecule has 0 radical (unpaired) electrons. The predicted octanol–water partition coefficient (Wildman–Crippen LogP) is 4.48. The van der Waals surface area contributed by atoms with E-state index in [-0.39, 0.29) is 10.6 Å². The monoisotopic (exact) mass is 403 g/mol. The standard InChI is InChI=1S/C23H25N5O2/c29-28(30)19-11-9-18(10-12-19)27-23-20(13-14-24-23)22(25-27)21-8-4-5-15-26(21)16-17-6-2-1-3-7-17/h1-3,6-7,9-12,21,24H,4-5,8,13-16H2. The number of hydrogen-bond donors (Lipinski definition) is 1. The van der Waals surface area contributed by atoms with Gasteiger partial charge in [-0.3, -0.25) is 15.0 Å². The molecule has 1 unspecified atom stereocenters. The molecule has 1 fully saturated rings. The molecule has 1 saturated heterocycles. The van der Waals surface area contributed by atoms with Crippen LogP contribution in [0.15, 0.2) is 54.6 Å². The molecule has 7 nitrogen and oxygen atoms in total. The number of aromatic nitrogens is 2. The number of nitro groups is 1. The highest BCUT2D eigenvalue weighted by Gasteiger charge is 2.32. The Hall–Kier alpha value is -3.19. The highest BCUT2D eigenvalue weighted by Crippen LogP contribution is 2.38. The van der Waals surface area contributed by atoms with Gasteiger partial charge in [-0.2, -0.15) is 5.10 Å². The fourth-order valence-corrected chi connectivity index (χ4v) is 4.68. The normalized spacial score (nSPS) is 18.7. The fraction of sp³-hybridized carbons (Fsp3) is 0.348. The van der Waals surface area contributed by atoms with Crippen LogP contribution in [0.25, 0.3) is 5.69 Å². The van der Waals surface area contributed by atoms with Gasteiger partial charge >= 0.3 is 0 Å². The molecule has 7 heteroatoms.